The van der Waals surface area contributed by atoms with Gasteiger partial charge in [-0.25, -0.2) is 0 Å². The predicted octanol–water partition coefficient (Wildman–Crippen LogP) is 4.79. The van der Waals surface area contributed by atoms with Gasteiger partial charge in [-0.1, -0.05) is 18.5 Å². The van der Waals surface area contributed by atoms with Crippen LogP contribution in [0.5, 0.6) is 0 Å². The quantitative estimate of drug-likeness (QED) is 0.785. The molecule has 0 aliphatic heterocycles. The Labute approximate surface area is 114 Å². The molecule has 0 fully saturated rings. The average Bonchev–Trinajstić information content (AvgIpc) is 2.59. The summed E-state index contributed by atoms with van der Waals surface area (Å²) in [6, 6.07) is 0.558. The van der Waals surface area contributed by atoms with E-state index in [1.165, 1.54) is 19.1 Å². The normalized spacial score (nSPS) is 15.0. The SMILES string of the molecule is CCNC(c1ccc(Cl)s1)C(C(F)(F)F)C(F)(F)F. The Bertz CT molecular complexity index is 399. The summed E-state index contributed by atoms with van der Waals surface area (Å²) in [4.78, 5) is -0.0912. The van der Waals surface area contributed by atoms with Crippen molar-refractivity contribution in [2.75, 3.05) is 6.54 Å². The third kappa shape index (κ3) is 4.25. The van der Waals surface area contributed by atoms with Crippen molar-refractivity contribution < 1.29 is 26.3 Å². The van der Waals surface area contributed by atoms with Crippen LogP contribution < -0.4 is 5.32 Å². The van der Waals surface area contributed by atoms with E-state index in [4.69, 9.17) is 11.6 Å². The Morgan fingerprint density at radius 3 is 2.00 bits per heavy atom. The molecule has 9 heteroatoms. The molecule has 1 N–H and O–H groups in total. The maximum Gasteiger partial charge on any atom is 0.402 e. The van der Waals surface area contributed by atoms with Crippen LogP contribution >= 0.6 is 22.9 Å². The Kier molecular flexibility index (Phi) is 5.14. The Balaban J connectivity index is 3.20. The van der Waals surface area contributed by atoms with E-state index >= 15 is 0 Å². The van der Waals surface area contributed by atoms with Crippen molar-refractivity contribution >= 4 is 22.9 Å². The second-order valence-corrected chi connectivity index (χ2v) is 5.48. The first kappa shape index (κ1) is 16.6. The standard InChI is InChI=1S/C10H10ClF6NS/c1-2-18-7(5-3-4-6(11)19-5)8(9(12,13)14)10(15,16)17/h3-4,7-8,18H,2H2,1H3. The van der Waals surface area contributed by atoms with Crippen LogP contribution in [0.3, 0.4) is 0 Å². The van der Waals surface area contributed by atoms with Gasteiger partial charge in [0.15, 0.2) is 5.92 Å². The molecule has 0 aliphatic carbocycles. The Hall–Kier alpha value is -0.470. The smallest absolute Gasteiger partial charge is 0.309 e. The average molecular weight is 326 g/mol. The molecule has 19 heavy (non-hydrogen) atoms. The van der Waals surface area contributed by atoms with Gasteiger partial charge in [0.2, 0.25) is 0 Å². The summed E-state index contributed by atoms with van der Waals surface area (Å²) in [5.41, 5.74) is 0. The highest BCUT2D eigenvalue weighted by atomic mass is 35.5. The molecule has 0 amide bonds. The van der Waals surface area contributed by atoms with Crippen molar-refractivity contribution in [2.45, 2.75) is 25.3 Å². The minimum absolute atomic E-state index is 0.0250. The van der Waals surface area contributed by atoms with Gasteiger partial charge in [0.05, 0.1) is 10.4 Å². The van der Waals surface area contributed by atoms with E-state index in [9.17, 15) is 26.3 Å². The van der Waals surface area contributed by atoms with Gasteiger partial charge < -0.3 is 5.32 Å². The first-order chi connectivity index (χ1) is 8.57. The van der Waals surface area contributed by atoms with Gasteiger partial charge in [-0.3, -0.25) is 0 Å². The fraction of sp³-hybridized carbons (Fsp3) is 0.600. The van der Waals surface area contributed by atoms with Crippen LogP contribution in [0.25, 0.3) is 0 Å². The number of rotatable bonds is 4. The van der Waals surface area contributed by atoms with Crippen molar-refractivity contribution in [3.05, 3.63) is 21.3 Å². The number of alkyl halides is 6. The van der Waals surface area contributed by atoms with Crippen LogP contribution in [-0.2, 0) is 0 Å². The second kappa shape index (κ2) is 5.88. The molecule has 0 aliphatic rings. The number of thiophene rings is 1. The molecule has 0 spiro atoms. The molecule has 0 saturated heterocycles. The van der Waals surface area contributed by atoms with Crippen molar-refractivity contribution in [3.8, 4) is 0 Å². The minimum Gasteiger partial charge on any atom is -0.309 e. The fourth-order valence-corrected chi connectivity index (χ4v) is 2.84. The van der Waals surface area contributed by atoms with Crippen LogP contribution in [0.15, 0.2) is 12.1 Å². The molecule has 0 aromatic carbocycles. The number of nitrogens with one attached hydrogen (secondary N) is 1. The largest absolute Gasteiger partial charge is 0.402 e. The second-order valence-electron chi connectivity index (χ2n) is 3.74. The molecule has 1 aromatic rings. The first-order valence-corrected chi connectivity index (χ1v) is 6.38. The van der Waals surface area contributed by atoms with Gasteiger partial charge in [0.25, 0.3) is 0 Å². The lowest BCUT2D eigenvalue weighted by Gasteiger charge is -2.30. The van der Waals surface area contributed by atoms with Crippen LogP contribution in [0.2, 0.25) is 4.34 Å². The van der Waals surface area contributed by atoms with E-state index in [2.05, 4.69) is 5.32 Å². The van der Waals surface area contributed by atoms with E-state index in [1.807, 2.05) is 0 Å². The zero-order valence-corrected chi connectivity index (χ0v) is 11.1. The number of hydrogen-bond donors (Lipinski definition) is 1. The molecule has 1 rings (SSSR count). The zero-order valence-electron chi connectivity index (χ0n) is 9.57. The molecule has 1 unspecified atom stereocenters. The third-order valence-corrected chi connectivity index (χ3v) is 3.68. The summed E-state index contributed by atoms with van der Waals surface area (Å²) in [5, 5.41) is 2.24. The van der Waals surface area contributed by atoms with Crippen molar-refractivity contribution in [2.24, 2.45) is 5.92 Å². The van der Waals surface area contributed by atoms with Gasteiger partial charge in [-0.2, -0.15) is 26.3 Å². The lowest BCUT2D eigenvalue weighted by Crippen LogP contribution is -2.45. The lowest BCUT2D eigenvalue weighted by molar-refractivity contribution is -0.292. The molecule has 0 saturated carbocycles. The monoisotopic (exact) mass is 325 g/mol. The summed E-state index contributed by atoms with van der Waals surface area (Å²) < 4.78 is 76.3. The van der Waals surface area contributed by atoms with Crippen molar-refractivity contribution in [1.29, 1.82) is 0 Å². The molecule has 1 atom stereocenters. The maximum atomic E-state index is 12.7. The number of halogens is 7. The summed E-state index contributed by atoms with van der Waals surface area (Å²) in [5.74, 6) is -3.46. The van der Waals surface area contributed by atoms with E-state index in [-0.39, 0.29) is 15.8 Å². The molecule has 0 bridgehead atoms. The zero-order chi connectivity index (χ0) is 14.8. The predicted molar refractivity (Wildman–Crippen MR) is 61.3 cm³/mol. The van der Waals surface area contributed by atoms with Crippen molar-refractivity contribution in [1.82, 2.24) is 5.32 Å². The van der Waals surface area contributed by atoms with Crippen molar-refractivity contribution in [3.63, 3.8) is 0 Å². The lowest BCUT2D eigenvalue weighted by atomic mass is 9.97. The van der Waals surface area contributed by atoms with E-state index in [0.717, 1.165) is 0 Å². The van der Waals surface area contributed by atoms with Gasteiger partial charge in [0.1, 0.15) is 0 Å². The Morgan fingerprint density at radius 2 is 1.68 bits per heavy atom. The number of hydrogen-bond acceptors (Lipinski definition) is 2. The highest BCUT2D eigenvalue weighted by molar-refractivity contribution is 7.16. The summed E-state index contributed by atoms with van der Waals surface area (Å²) in [6.45, 7) is 1.41. The van der Waals surface area contributed by atoms with Gasteiger partial charge >= 0.3 is 12.4 Å². The van der Waals surface area contributed by atoms with Crippen LogP contribution in [0, 0.1) is 5.92 Å². The van der Waals surface area contributed by atoms with E-state index < -0.39 is 24.3 Å². The van der Waals surface area contributed by atoms with Gasteiger partial charge in [-0.05, 0) is 18.7 Å². The third-order valence-electron chi connectivity index (χ3n) is 2.36. The van der Waals surface area contributed by atoms with Gasteiger partial charge in [-0.15, -0.1) is 11.3 Å². The molecule has 110 valence electrons. The minimum atomic E-state index is -5.39. The van der Waals surface area contributed by atoms with Gasteiger partial charge in [0, 0.05) is 4.88 Å². The van der Waals surface area contributed by atoms with E-state index in [0.29, 0.717) is 11.3 Å². The van der Waals surface area contributed by atoms with Crippen LogP contribution in [-0.4, -0.2) is 18.9 Å². The molecule has 1 aromatic heterocycles. The molecule has 1 heterocycles. The Morgan fingerprint density at radius 1 is 1.16 bits per heavy atom. The summed E-state index contributed by atoms with van der Waals surface area (Å²) in [7, 11) is 0. The van der Waals surface area contributed by atoms with Crippen LogP contribution in [0.4, 0.5) is 26.3 Å². The maximum absolute atomic E-state index is 12.7. The van der Waals surface area contributed by atoms with E-state index in [1.54, 1.807) is 0 Å². The summed E-state index contributed by atoms with van der Waals surface area (Å²) >= 11 is 6.27. The molecular formula is C10H10ClF6NS. The highest BCUT2D eigenvalue weighted by Crippen LogP contribution is 2.47. The highest BCUT2D eigenvalue weighted by Gasteiger charge is 2.60. The molecular weight excluding hydrogens is 316 g/mol. The molecule has 0 radical (unpaired) electrons. The topological polar surface area (TPSA) is 12.0 Å². The first-order valence-electron chi connectivity index (χ1n) is 5.19. The molecule has 1 nitrogen and oxygen atoms in total. The summed E-state index contributed by atoms with van der Waals surface area (Å²) in [6.07, 6.45) is -10.8. The van der Waals surface area contributed by atoms with Crippen LogP contribution in [0.1, 0.15) is 17.8 Å². The fourth-order valence-electron chi connectivity index (χ4n) is 1.66.